The normalized spacial score (nSPS) is 14.4. The number of amides is 10. The zero-order valence-corrected chi connectivity index (χ0v) is 48.5. The number of hydrogen-bond donors (Lipinski definition) is 17. The van der Waals surface area contributed by atoms with Crippen LogP contribution in [0.2, 0.25) is 0 Å². The van der Waals surface area contributed by atoms with Gasteiger partial charge in [0.25, 0.3) is 0 Å². The highest BCUT2D eigenvalue weighted by Gasteiger charge is 2.37. The lowest BCUT2D eigenvalue weighted by Crippen LogP contribution is -2.61. The Kier molecular flexibility index (Phi) is 32.6. The number of guanidine groups is 2. The van der Waals surface area contributed by atoms with Crippen molar-refractivity contribution in [2.45, 2.75) is 160 Å². The summed E-state index contributed by atoms with van der Waals surface area (Å²) in [5, 5.41) is 39.7. The molecule has 31 heteroatoms. The van der Waals surface area contributed by atoms with Crippen molar-refractivity contribution in [3.8, 4) is 5.75 Å². The van der Waals surface area contributed by atoms with Crippen molar-refractivity contribution in [3.63, 3.8) is 0 Å². The predicted molar refractivity (Wildman–Crippen MR) is 307 cm³/mol. The molecule has 0 saturated heterocycles. The first-order valence-electron chi connectivity index (χ1n) is 26.7. The summed E-state index contributed by atoms with van der Waals surface area (Å²) in [6.07, 6.45) is 0.0261. The van der Waals surface area contributed by atoms with Crippen LogP contribution in [0.4, 0.5) is 0 Å². The minimum absolute atomic E-state index is 0.0167. The Hall–Kier alpha value is -7.96. The number of nitrogens with zero attached hydrogens (tertiary/aromatic N) is 2. The fourth-order valence-corrected chi connectivity index (χ4v) is 8.42. The number of rotatable bonds is 39. The second-order valence-electron chi connectivity index (χ2n) is 20.8. The summed E-state index contributed by atoms with van der Waals surface area (Å²) < 4.78 is 0. The Morgan fingerprint density at radius 3 is 1.30 bits per heavy atom. The number of carboxylic acid groups (broad SMARTS) is 1. The van der Waals surface area contributed by atoms with Gasteiger partial charge in [-0.1, -0.05) is 53.7 Å². The van der Waals surface area contributed by atoms with Crippen molar-refractivity contribution in [1.29, 1.82) is 0 Å². The third-order valence-corrected chi connectivity index (χ3v) is 12.8. The van der Waals surface area contributed by atoms with E-state index in [1.54, 1.807) is 34.0 Å². The number of aromatic hydroxyl groups is 1. The number of thioether (sulfide) groups is 1. The van der Waals surface area contributed by atoms with Crippen molar-refractivity contribution in [2.24, 2.45) is 67.9 Å². The molecule has 0 aliphatic heterocycles. The van der Waals surface area contributed by atoms with Gasteiger partial charge < -0.3 is 92.9 Å². The fraction of sp³-hybridized carbons (Fsp3) is 0.627. The second-order valence-corrected chi connectivity index (χ2v) is 21.7. The van der Waals surface area contributed by atoms with E-state index in [9.17, 15) is 63.0 Å². The Morgan fingerprint density at radius 2 is 0.890 bits per heavy atom. The molecule has 0 radical (unpaired) electrons. The molecule has 9 atom stereocenters. The van der Waals surface area contributed by atoms with E-state index in [4.69, 9.17) is 40.1 Å². The van der Waals surface area contributed by atoms with Gasteiger partial charge in [-0.15, -0.1) is 0 Å². The molecule has 0 bridgehead atoms. The molecule has 0 saturated carbocycles. The van der Waals surface area contributed by atoms with Crippen LogP contribution in [0.1, 0.15) is 105 Å². The summed E-state index contributed by atoms with van der Waals surface area (Å²) in [7, 11) is 0. The van der Waals surface area contributed by atoms with Gasteiger partial charge in [-0.2, -0.15) is 11.8 Å². The van der Waals surface area contributed by atoms with E-state index >= 15 is 0 Å². The largest absolute Gasteiger partial charge is 0.508 e. The number of phenolic OH excluding ortho intramolecular Hbond substituents is 1. The first-order chi connectivity index (χ1) is 38.3. The molecule has 0 spiro atoms. The summed E-state index contributed by atoms with van der Waals surface area (Å²) in [5.41, 5.74) is 39.4. The van der Waals surface area contributed by atoms with Crippen LogP contribution in [0.25, 0.3) is 0 Å². The van der Waals surface area contributed by atoms with E-state index in [0.29, 0.717) is 11.3 Å². The number of carbonyl (C=O) groups is 11. The zero-order valence-electron chi connectivity index (χ0n) is 47.7. The van der Waals surface area contributed by atoms with Crippen molar-refractivity contribution >= 4 is 88.7 Å². The molecular formula is C51H87N17O13S. The van der Waals surface area contributed by atoms with E-state index in [-0.39, 0.29) is 94.0 Å². The second kappa shape index (κ2) is 37.1. The van der Waals surface area contributed by atoms with Crippen LogP contribution in [0.3, 0.4) is 0 Å². The van der Waals surface area contributed by atoms with Gasteiger partial charge >= 0.3 is 5.97 Å². The highest BCUT2D eigenvalue weighted by Crippen LogP contribution is 2.15. The topological polar surface area (TPSA) is 531 Å². The molecule has 0 fully saturated rings. The van der Waals surface area contributed by atoms with Gasteiger partial charge in [0.15, 0.2) is 11.9 Å². The standard InChI is InChI=1S/C51H87N17O13S/c1-25(2)20-30(52)41(72)61-31(10-8-17-59-50(55)56)42(73)62-32(11-9-18-60-51(57)58)43(74)66-36(23-38(53)70)46(77)67-37(24-39(54)71)45(76)64-34(21-26(3)4)44(75)65-35(22-28-12-14-29(69)15-13-28)47(78)68-40(27(5)6)48(79)63-33(49(80)81)16-19-82-7/h12-15,25-27,30-37,40,69H,8-11,16-24,52H2,1-7H3,(H2,53,70)(H2,54,71)(H,61,72)(H,62,73)(H,63,79)(H,64,76)(H,65,75)(H,66,74)(H,67,77)(H,68,78)(H,80,81)(H4,55,56,59)(H4,57,58,60)/t30-,31-,32-,33-,34-,35-,36-,37-,40-/m0/s1. The number of primary amides is 2. The van der Waals surface area contributed by atoms with Gasteiger partial charge in [0.05, 0.1) is 18.9 Å². The van der Waals surface area contributed by atoms with Crippen LogP contribution in [-0.4, -0.2) is 167 Å². The Balaban J connectivity index is 3.65. The lowest BCUT2D eigenvalue weighted by atomic mass is 9.99. The number of aliphatic imine (C=N–C) groups is 2. The predicted octanol–water partition coefficient (Wildman–Crippen LogP) is -4.42. The minimum Gasteiger partial charge on any atom is -0.508 e. The molecule has 82 heavy (non-hydrogen) atoms. The molecule has 460 valence electrons. The van der Waals surface area contributed by atoms with Crippen LogP contribution in [0, 0.1) is 17.8 Å². The van der Waals surface area contributed by atoms with Crippen LogP contribution >= 0.6 is 11.8 Å². The Morgan fingerprint density at radius 1 is 0.500 bits per heavy atom. The third-order valence-electron chi connectivity index (χ3n) is 12.1. The number of nitrogens with two attached hydrogens (primary N) is 7. The monoisotopic (exact) mass is 1180 g/mol. The quantitative estimate of drug-likeness (QED) is 0.0168. The Labute approximate surface area is 481 Å². The summed E-state index contributed by atoms with van der Waals surface area (Å²) in [4.78, 5) is 156. The maximum Gasteiger partial charge on any atom is 0.326 e. The van der Waals surface area contributed by atoms with Gasteiger partial charge in [-0.05, 0) is 92.4 Å². The molecule has 24 N–H and O–H groups in total. The SMILES string of the molecule is CSCC[C@H](NC(=O)[C@@H](NC(=O)[C@H](Cc1ccc(O)cc1)NC(=O)[C@H](CC(C)C)NC(=O)[C@H](CC(N)=O)NC(=O)[C@H](CC(N)=O)NC(=O)[C@H](CCCN=C(N)N)NC(=O)[C@H](CCCN=C(N)N)NC(=O)[C@@H](N)CC(C)C)C(C)C)C(=O)O. The van der Waals surface area contributed by atoms with E-state index < -0.39 is 138 Å². The van der Waals surface area contributed by atoms with Gasteiger partial charge in [0, 0.05) is 19.5 Å². The Bertz CT molecular complexity index is 2380. The number of hydrogen-bond acceptors (Lipinski definition) is 16. The highest BCUT2D eigenvalue weighted by molar-refractivity contribution is 7.98. The van der Waals surface area contributed by atoms with Crippen molar-refractivity contribution < 1.29 is 63.0 Å². The van der Waals surface area contributed by atoms with Gasteiger partial charge in [-0.3, -0.25) is 57.9 Å². The summed E-state index contributed by atoms with van der Waals surface area (Å²) >= 11 is 1.37. The number of carboxylic acids is 1. The van der Waals surface area contributed by atoms with Crippen LogP contribution in [0.15, 0.2) is 34.3 Å². The zero-order chi connectivity index (χ0) is 62.4. The molecule has 1 aromatic carbocycles. The fourth-order valence-electron chi connectivity index (χ4n) is 7.94. The summed E-state index contributed by atoms with van der Waals surface area (Å²) in [5.74, 6) is -12.3. The molecule has 0 unspecified atom stereocenters. The number of aliphatic carboxylic acids is 1. The van der Waals surface area contributed by atoms with Gasteiger partial charge in [-0.25, -0.2) is 4.79 Å². The van der Waals surface area contributed by atoms with Crippen LogP contribution in [-0.2, 0) is 59.2 Å². The molecule has 0 aliphatic carbocycles. The molecular weight excluding hydrogens is 1090 g/mol. The highest BCUT2D eigenvalue weighted by atomic mass is 32.2. The molecule has 1 rings (SSSR count). The third kappa shape index (κ3) is 29.0. The summed E-state index contributed by atoms with van der Waals surface area (Å²) in [6, 6.07) is -7.48. The summed E-state index contributed by atoms with van der Waals surface area (Å²) in [6.45, 7) is 10.3. The molecule has 0 aromatic heterocycles. The lowest BCUT2D eigenvalue weighted by Gasteiger charge is -2.29. The molecule has 0 aliphatic rings. The molecule has 0 heterocycles. The average molecular weight is 1180 g/mol. The maximum absolute atomic E-state index is 14.3. The smallest absolute Gasteiger partial charge is 0.326 e. The van der Waals surface area contributed by atoms with E-state index in [0.717, 1.165) is 0 Å². The number of carbonyl (C=O) groups excluding carboxylic acids is 10. The first kappa shape index (κ1) is 72.1. The van der Waals surface area contributed by atoms with E-state index in [1.807, 2.05) is 13.8 Å². The lowest BCUT2D eigenvalue weighted by molar-refractivity contribution is -0.142. The minimum atomic E-state index is -1.88. The molecule has 1 aromatic rings. The number of nitrogens with one attached hydrogen (secondary N) is 8. The number of phenols is 1. The average Bonchev–Trinajstić information content (AvgIpc) is 3.40. The van der Waals surface area contributed by atoms with Crippen molar-refractivity contribution in [3.05, 3.63) is 29.8 Å². The van der Waals surface area contributed by atoms with E-state index in [2.05, 4.69) is 52.5 Å². The first-order valence-corrected chi connectivity index (χ1v) is 28.1. The van der Waals surface area contributed by atoms with Gasteiger partial charge in [0.2, 0.25) is 59.1 Å². The van der Waals surface area contributed by atoms with Gasteiger partial charge in [0.1, 0.15) is 54.1 Å². The number of benzene rings is 1. The van der Waals surface area contributed by atoms with E-state index in [1.165, 1.54) is 36.0 Å². The van der Waals surface area contributed by atoms with Crippen molar-refractivity contribution in [2.75, 3.05) is 25.1 Å². The van der Waals surface area contributed by atoms with Crippen LogP contribution < -0.4 is 82.7 Å². The van der Waals surface area contributed by atoms with Crippen molar-refractivity contribution in [1.82, 2.24) is 42.5 Å². The molecule has 10 amide bonds. The maximum atomic E-state index is 14.3. The van der Waals surface area contributed by atoms with Crippen LogP contribution in [0.5, 0.6) is 5.75 Å². The molecule has 30 nitrogen and oxygen atoms in total.